The van der Waals surface area contributed by atoms with Crippen LogP contribution in [0.3, 0.4) is 0 Å². The van der Waals surface area contributed by atoms with E-state index in [-0.39, 0.29) is 5.92 Å². The Kier molecular flexibility index (Phi) is 5.03. The van der Waals surface area contributed by atoms with E-state index in [1.165, 1.54) is 28.7 Å². The van der Waals surface area contributed by atoms with Gasteiger partial charge in [-0.3, -0.25) is 0 Å². The number of rotatable bonds is 3. The van der Waals surface area contributed by atoms with Crippen molar-refractivity contribution in [3.05, 3.63) is 77.4 Å². The number of ether oxygens (including phenoxy) is 1. The van der Waals surface area contributed by atoms with E-state index in [1.807, 2.05) is 24.3 Å². The Balaban J connectivity index is 1.25. The first-order valence-corrected chi connectivity index (χ1v) is 11.7. The molecule has 0 saturated carbocycles. The highest BCUT2D eigenvalue weighted by Crippen LogP contribution is 2.42. The number of nitrogens with zero attached hydrogens (tertiary/aromatic N) is 2. The molecule has 1 unspecified atom stereocenters. The van der Waals surface area contributed by atoms with Gasteiger partial charge >= 0.3 is 11.9 Å². The largest absolute Gasteiger partial charge is 0.403 e. The van der Waals surface area contributed by atoms with Crippen LogP contribution < -0.4 is 9.57 Å². The summed E-state index contributed by atoms with van der Waals surface area (Å²) in [6, 6.07) is 16.6. The molecule has 2 aliphatic heterocycles. The Morgan fingerprint density at radius 1 is 0.879 bits per heavy atom. The van der Waals surface area contributed by atoms with E-state index < -0.39 is 11.9 Å². The van der Waals surface area contributed by atoms with Crippen LogP contribution in [0, 0.1) is 0 Å². The maximum absolute atomic E-state index is 12.3. The van der Waals surface area contributed by atoms with E-state index in [4.69, 9.17) is 9.57 Å². The van der Waals surface area contributed by atoms with Crippen molar-refractivity contribution in [2.24, 2.45) is 0 Å². The van der Waals surface area contributed by atoms with Crippen LogP contribution in [0.4, 0.5) is 0 Å². The average Bonchev–Trinajstić information content (AvgIpc) is 3.37. The van der Waals surface area contributed by atoms with E-state index in [0.717, 1.165) is 61.1 Å². The zero-order chi connectivity index (χ0) is 22.4. The lowest BCUT2D eigenvalue weighted by molar-refractivity contribution is -0.142. The fourth-order valence-corrected chi connectivity index (χ4v) is 5.73. The normalized spacial score (nSPS) is 22.2. The Labute approximate surface area is 192 Å². The topological polar surface area (TPSA) is 60.8 Å². The van der Waals surface area contributed by atoms with Gasteiger partial charge < -0.3 is 14.5 Å². The lowest BCUT2D eigenvalue weighted by Crippen LogP contribution is -2.35. The highest BCUT2D eigenvalue weighted by Gasteiger charge is 2.33. The van der Waals surface area contributed by atoms with Crippen molar-refractivity contribution in [1.82, 2.24) is 9.63 Å². The molecule has 0 bridgehead atoms. The lowest BCUT2D eigenvalue weighted by Gasteiger charge is -2.34. The lowest BCUT2D eigenvalue weighted by atomic mass is 9.88. The highest BCUT2D eigenvalue weighted by atomic mass is 16.7. The molecule has 3 heterocycles. The van der Waals surface area contributed by atoms with Gasteiger partial charge in [0.05, 0.1) is 5.52 Å². The zero-order valence-corrected chi connectivity index (χ0v) is 18.4. The van der Waals surface area contributed by atoms with Gasteiger partial charge in [-0.2, -0.15) is 0 Å². The van der Waals surface area contributed by atoms with Gasteiger partial charge in [0.1, 0.15) is 0 Å². The number of esters is 1. The first kappa shape index (κ1) is 20.2. The number of benzene rings is 2. The summed E-state index contributed by atoms with van der Waals surface area (Å²) in [7, 11) is 0. The second kappa shape index (κ2) is 8.19. The summed E-state index contributed by atoms with van der Waals surface area (Å²) in [6.45, 7) is 3.08. The predicted octanol–water partition coefficient (Wildman–Crippen LogP) is 3.98. The molecule has 33 heavy (non-hydrogen) atoms. The van der Waals surface area contributed by atoms with Crippen LogP contribution in [0.5, 0.6) is 5.88 Å². The molecule has 0 N–H and O–H groups in total. The van der Waals surface area contributed by atoms with Gasteiger partial charge in [-0.1, -0.05) is 42.5 Å². The molecule has 0 radical (unpaired) electrons. The average molecular weight is 443 g/mol. The molecule has 1 aromatic heterocycles. The molecule has 3 aromatic rings. The number of aryl methyl sites for hydroxylation is 1. The molecule has 3 aliphatic rings. The van der Waals surface area contributed by atoms with Crippen LogP contribution >= 0.6 is 0 Å². The SMILES string of the molecule is O=C1/C=C/C(=O)On2c(c(C3CCN(CC4CCc5ccccc54)CC3)c3ccccc32)O1. The van der Waals surface area contributed by atoms with Gasteiger partial charge in [0, 0.05) is 29.6 Å². The summed E-state index contributed by atoms with van der Waals surface area (Å²) in [6.07, 6.45) is 6.56. The van der Waals surface area contributed by atoms with Gasteiger partial charge in [0.15, 0.2) is 0 Å². The molecular weight excluding hydrogens is 416 g/mol. The van der Waals surface area contributed by atoms with E-state index >= 15 is 0 Å². The van der Waals surface area contributed by atoms with Crippen molar-refractivity contribution in [3.8, 4) is 5.88 Å². The van der Waals surface area contributed by atoms with Crippen molar-refractivity contribution in [2.45, 2.75) is 37.5 Å². The number of hydrogen-bond acceptors (Lipinski definition) is 5. The molecule has 1 fully saturated rings. The molecule has 0 amide bonds. The van der Waals surface area contributed by atoms with Crippen LogP contribution in [0.1, 0.15) is 47.8 Å². The minimum Gasteiger partial charge on any atom is -0.403 e. The summed E-state index contributed by atoms with van der Waals surface area (Å²) in [5.74, 6) is 0.0247. The van der Waals surface area contributed by atoms with Crippen LogP contribution in [0.25, 0.3) is 10.9 Å². The van der Waals surface area contributed by atoms with Crippen LogP contribution in [0.15, 0.2) is 60.7 Å². The number of fused-ring (bicyclic) bond motifs is 4. The van der Waals surface area contributed by atoms with Gasteiger partial charge in [-0.15, -0.1) is 4.73 Å². The second-order valence-electron chi connectivity index (χ2n) is 9.20. The number of carbonyl (C=O) groups excluding carboxylic acids is 2. The quantitative estimate of drug-likeness (QED) is 0.574. The molecule has 6 heteroatoms. The van der Waals surface area contributed by atoms with Crippen molar-refractivity contribution in [3.63, 3.8) is 0 Å². The molecule has 1 aliphatic carbocycles. The van der Waals surface area contributed by atoms with E-state index in [0.29, 0.717) is 11.8 Å². The van der Waals surface area contributed by atoms with Gasteiger partial charge in [-0.05, 0) is 67.8 Å². The Hall–Kier alpha value is -3.38. The smallest absolute Gasteiger partial charge is 0.356 e. The number of para-hydroxylation sites is 1. The molecule has 168 valence electrons. The minimum absolute atomic E-state index is 0.230. The summed E-state index contributed by atoms with van der Waals surface area (Å²) in [5, 5.41) is 0.971. The summed E-state index contributed by atoms with van der Waals surface area (Å²) in [4.78, 5) is 32.5. The Morgan fingerprint density at radius 3 is 2.52 bits per heavy atom. The van der Waals surface area contributed by atoms with Crippen LogP contribution in [-0.4, -0.2) is 41.2 Å². The third kappa shape index (κ3) is 3.64. The van der Waals surface area contributed by atoms with Gasteiger partial charge in [0.2, 0.25) is 5.88 Å². The summed E-state index contributed by atoms with van der Waals surface area (Å²) in [5.41, 5.74) is 4.72. The minimum atomic E-state index is -0.591. The maximum atomic E-state index is 12.3. The number of piperidine rings is 1. The zero-order valence-electron chi connectivity index (χ0n) is 18.4. The third-order valence-electron chi connectivity index (χ3n) is 7.29. The predicted molar refractivity (Wildman–Crippen MR) is 124 cm³/mol. The maximum Gasteiger partial charge on any atom is 0.356 e. The summed E-state index contributed by atoms with van der Waals surface area (Å²) < 4.78 is 7.06. The number of aromatic nitrogens is 1. The molecule has 6 rings (SSSR count). The molecular formula is C27H26N2O4. The molecule has 0 spiro atoms. The second-order valence-corrected chi connectivity index (χ2v) is 9.20. The molecule has 2 aromatic carbocycles. The van der Waals surface area contributed by atoms with E-state index in [9.17, 15) is 9.59 Å². The number of hydrogen-bond donors (Lipinski definition) is 0. The van der Waals surface area contributed by atoms with Crippen molar-refractivity contribution in [1.29, 1.82) is 0 Å². The van der Waals surface area contributed by atoms with E-state index in [1.54, 1.807) is 0 Å². The third-order valence-corrected chi connectivity index (χ3v) is 7.29. The standard InChI is InChI=1S/C27H26N2O4/c30-24-11-12-25(31)33-29-23-8-4-3-7-22(23)26(27(29)32-24)19-13-15-28(16-14-19)17-20-10-9-18-5-1-2-6-21(18)20/h1-8,11-12,19-20H,9-10,13-17H2/b12-11+. The van der Waals surface area contributed by atoms with Crippen LogP contribution in [0.2, 0.25) is 0 Å². The first-order chi connectivity index (χ1) is 16.2. The number of carbonyl (C=O) groups is 2. The fourth-order valence-electron chi connectivity index (χ4n) is 5.73. The van der Waals surface area contributed by atoms with Crippen molar-refractivity contribution >= 4 is 22.8 Å². The van der Waals surface area contributed by atoms with E-state index in [2.05, 4.69) is 29.2 Å². The van der Waals surface area contributed by atoms with Gasteiger partial charge in [0.25, 0.3) is 0 Å². The molecule has 1 saturated heterocycles. The summed E-state index contributed by atoms with van der Waals surface area (Å²) >= 11 is 0. The molecule has 6 nitrogen and oxygen atoms in total. The van der Waals surface area contributed by atoms with Crippen molar-refractivity contribution in [2.75, 3.05) is 19.6 Å². The fraction of sp³-hybridized carbons (Fsp3) is 0.333. The van der Waals surface area contributed by atoms with Gasteiger partial charge in [-0.25, -0.2) is 9.59 Å². The monoisotopic (exact) mass is 442 g/mol. The molecule has 1 atom stereocenters. The Bertz CT molecular complexity index is 1270. The van der Waals surface area contributed by atoms with Crippen molar-refractivity contribution < 1.29 is 19.2 Å². The number of likely N-dealkylation sites (tertiary alicyclic amines) is 1. The first-order valence-electron chi connectivity index (χ1n) is 11.7. The van der Waals surface area contributed by atoms with Crippen LogP contribution in [-0.2, 0) is 16.0 Å². The highest BCUT2D eigenvalue weighted by molar-refractivity contribution is 5.96. The Morgan fingerprint density at radius 2 is 1.64 bits per heavy atom.